The van der Waals surface area contributed by atoms with Crippen LogP contribution in [0.5, 0.6) is 0 Å². The fraction of sp³-hybridized carbons (Fsp3) is 0.312. The number of hydrogen-bond donors (Lipinski definition) is 2. The van der Waals surface area contributed by atoms with Crippen molar-refractivity contribution in [3.63, 3.8) is 0 Å². The molecule has 0 aliphatic carbocycles. The zero-order valence-electron chi connectivity index (χ0n) is 13.1. The first kappa shape index (κ1) is 15.9. The number of nitrogens with zero attached hydrogens (tertiary/aromatic N) is 2. The van der Waals surface area contributed by atoms with Gasteiger partial charge in [0, 0.05) is 17.3 Å². The molecule has 0 saturated carbocycles. The molecular formula is C16H19FN4O. The highest BCUT2D eigenvalue weighted by atomic mass is 19.1. The summed E-state index contributed by atoms with van der Waals surface area (Å²) < 4.78 is 12.9. The molecule has 0 aliphatic heterocycles. The first-order valence-electron chi connectivity index (χ1n) is 6.94. The highest BCUT2D eigenvalue weighted by molar-refractivity contribution is 5.93. The van der Waals surface area contributed by atoms with E-state index in [0.29, 0.717) is 17.3 Å². The molecule has 0 bridgehead atoms. The van der Waals surface area contributed by atoms with Gasteiger partial charge >= 0.3 is 0 Å². The Bertz CT molecular complexity index is 678. The van der Waals surface area contributed by atoms with Crippen molar-refractivity contribution in [1.82, 2.24) is 15.3 Å². The molecule has 0 atom stereocenters. The molecule has 0 fully saturated rings. The highest BCUT2D eigenvalue weighted by Crippen LogP contribution is 2.16. The molecule has 0 spiro atoms. The van der Waals surface area contributed by atoms with E-state index in [2.05, 4.69) is 20.6 Å². The smallest absolute Gasteiger partial charge is 0.270 e. The lowest BCUT2D eigenvalue weighted by Crippen LogP contribution is -2.41. The summed E-state index contributed by atoms with van der Waals surface area (Å²) in [7, 11) is 0. The van der Waals surface area contributed by atoms with Crippen LogP contribution in [0.3, 0.4) is 0 Å². The summed E-state index contributed by atoms with van der Waals surface area (Å²) in [4.78, 5) is 20.6. The first-order chi connectivity index (χ1) is 10.2. The van der Waals surface area contributed by atoms with Crippen LogP contribution in [0.15, 0.2) is 30.3 Å². The third kappa shape index (κ3) is 4.51. The number of carbonyl (C=O) groups is 1. The van der Waals surface area contributed by atoms with Crippen molar-refractivity contribution in [1.29, 1.82) is 0 Å². The molecule has 22 heavy (non-hydrogen) atoms. The molecule has 6 heteroatoms. The van der Waals surface area contributed by atoms with E-state index in [1.807, 2.05) is 20.8 Å². The Balaban J connectivity index is 2.23. The molecule has 2 rings (SSSR count). The van der Waals surface area contributed by atoms with Gasteiger partial charge in [-0.3, -0.25) is 4.79 Å². The number of nitrogens with one attached hydrogen (secondary N) is 2. The number of aromatic nitrogens is 2. The van der Waals surface area contributed by atoms with Crippen molar-refractivity contribution < 1.29 is 9.18 Å². The van der Waals surface area contributed by atoms with E-state index >= 15 is 0 Å². The predicted molar refractivity (Wildman–Crippen MR) is 83.7 cm³/mol. The summed E-state index contributed by atoms with van der Waals surface area (Å²) in [6, 6.07) is 7.47. The minimum absolute atomic E-state index is 0.264. The highest BCUT2D eigenvalue weighted by Gasteiger charge is 2.17. The number of amides is 1. The van der Waals surface area contributed by atoms with Gasteiger partial charge in [-0.05, 0) is 52.0 Å². The summed E-state index contributed by atoms with van der Waals surface area (Å²) in [5.74, 6) is 0.388. The molecule has 1 aromatic heterocycles. The van der Waals surface area contributed by atoms with Crippen LogP contribution in [0.1, 0.15) is 37.1 Å². The quantitative estimate of drug-likeness (QED) is 0.913. The average molecular weight is 302 g/mol. The molecule has 0 aliphatic rings. The Kier molecular flexibility index (Phi) is 4.40. The van der Waals surface area contributed by atoms with Crippen molar-refractivity contribution in [3.8, 4) is 0 Å². The topological polar surface area (TPSA) is 66.9 Å². The minimum atomic E-state index is -0.347. The number of benzene rings is 1. The number of halogens is 1. The monoisotopic (exact) mass is 302 g/mol. The zero-order chi connectivity index (χ0) is 16.3. The molecule has 1 heterocycles. The summed E-state index contributed by atoms with van der Waals surface area (Å²) in [6.07, 6.45) is 0. The lowest BCUT2D eigenvalue weighted by atomic mass is 10.1. The van der Waals surface area contributed by atoms with Crippen molar-refractivity contribution in [2.45, 2.75) is 33.2 Å². The third-order valence-corrected chi connectivity index (χ3v) is 2.68. The van der Waals surface area contributed by atoms with E-state index in [1.165, 1.54) is 12.1 Å². The SMILES string of the molecule is Cc1nc(Nc2ccc(F)cc2)cc(C(=O)NC(C)(C)C)n1. The van der Waals surface area contributed by atoms with Gasteiger partial charge in [-0.15, -0.1) is 0 Å². The van der Waals surface area contributed by atoms with Gasteiger partial charge in [-0.2, -0.15) is 0 Å². The van der Waals surface area contributed by atoms with Crippen LogP contribution in [0.2, 0.25) is 0 Å². The lowest BCUT2D eigenvalue weighted by molar-refractivity contribution is 0.0914. The summed E-state index contributed by atoms with van der Waals surface area (Å²) >= 11 is 0. The molecule has 0 radical (unpaired) electrons. The molecule has 1 aromatic carbocycles. The van der Waals surface area contributed by atoms with E-state index in [0.717, 1.165) is 0 Å². The van der Waals surface area contributed by atoms with E-state index < -0.39 is 0 Å². The van der Waals surface area contributed by atoms with Crippen LogP contribution < -0.4 is 10.6 Å². The second-order valence-electron chi connectivity index (χ2n) is 6.02. The maximum Gasteiger partial charge on any atom is 0.270 e. The van der Waals surface area contributed by atoms with Crippen molar-refractivity contribution in [2.75, 3.05) is 5.32 Å². The molecule has 116 valence electrons. The summed E-state index contributed by atoms with van der Waals surface area (Å²) in [5.41, 5.74) is 0.620. The average Bonchev–Trinajstić information content (AvgIpc) is 2.39. The Morgan fingerprint density at radius 1 is 1.14 bits per heavy atom. The Morgan fingerprint density at radius 2 is 1.77 bits per heavy atom. The van der Waals surface area contributed by atoms with Gasteiger partial charge in [0.1, 0.15) is 23.2 Å². The second-order valence-corrected chi connectivity index (χ2v) is 6.02. The largest absolute Gasteiger partial charge is 0.346 e. The predicted octanol–water partition coefficient (Wildman–Crippen LogP) is 3.20. The number of anilines is 2. The Morgan fingerprint density at radius 3 is 2.36 bits per heavy atom. The third-order valence-electron chi connectivity index (χ3n) is 2.68. The van der Waals surface area contributed by atoms with Crippen molar-refractivity contribution in [2.24, 2.45) is 0 Å². The standard InChI is InChI=1S/C16H19FN4O/c1-10-18-13(15(22)21-16(2,3)4)9-14(19-10)20-12-7-5-11(17)6-8-12/h5-9H,1-4H3,(H,21,22)(H,18,19,20). The normalized spacial score (nSPS) is 11.1. The summed E-state index contributed by atoms with van der Waals surface area (Å²) in [6.45, 7) is 7.41. The van der Waals surface area contributed by atoms with Crippen LogP contribution >= 0.6 is 0 Å². The van der Waals surface area contributed by atoms with Gasteiger partial charge in [0.05, 0.1) is 0 Å². The van der Waals surface area contributed by atoms with Crippen LogP contribution in [-0.4, -0.2) is 21.4 Å². The van der Waals surface area contributed by atoms with Crippen LogP contribution in [0.4, 0.5) is 15.9 Å². The van der Waals surface area contributed by atoms with Gasteiger partial charge in [-0.1, -0.05) is 0 Å². The maximum atomic E-state index is 12.9. The van der Waals surface area contributed by atoms with Crippen LogP contribution in [0, 0.1) is 12.7 Å². The van der Waals surface area contributed by atoms with Crippen LogP contribution in [0.25, 0.3) is 0 Å². The maximum absolute atomic E-state index is 12.9. The Labute approximate surface area is 129 Å². The van der Waals surface area contributed by atoms with Gasteiger partial charge in [0.25, 0.3) is 5.91 Å². The number of aryl methyl sites for hydroxylation is 1. The first-order valence-corrected chi connectivity index (χ1v) is 6.94. The number of rotatable bonds is 3. The fourth-order valence-electron chi connectivity index (χ4n) is 1.83. The summed E-state index contributed by atoms with van der Waals surface area (Å²) in [5, 5.41) is 5.89. The zero-order valence-corrected chi connectivity index (χ0v) is 13.1. The molecular weight excluding hydrogens is 283 g/mol. The molecule has 0 unspecified atom stereocenters. The molecule has 0 saturated heterocycles. The second kappa shape index (κ2) is 6.09. The van der Waals surface area contributed by atoms with Crippen molar-refractivity contribution >= 4 is 17.4 Å². The fourth-order valence-corrected chi connectivity index (χ4v) is 1.83. The van der Waals surface area contributed by atoms with E-state index in [1.54, 1.807) is 25.1 Å². The van der Waals surface area contributed by atoms with Gasteiger partial charge in [0.2, 0.25) is 0 Å². The molecule has 2 N–H and O–H groups in total. The van der Waals surface area contributed by atoms with Gasteiger partial charge in [-0.25, -0.2) is 14.4 Å². The molecule has 2 aromatic rings. The van der Waals surface area contributed by atoms with E-state index in [4.69, 9.17) is 0 Å². The minimum Gasteiger partial charge on any atom is -0.346 e. The number of carbonyl (C=O) groups excluding carboxylic acids is 1. The van der Waals surface area contributed by atoms with E-state index in [9.17, 15) is 9.18 Å². The lowest BCUT2D eigenvalue weighted by Gasteiger charge is -2.20. The Hall–Kier alpha value is -2.50. The van der Waals surface area contributed by atoms with Crippen LogP contribution in [-0.2, 0) is 0 Å². The number of hydrogen-bond acceptors (Lipinski definition) is 4. The van der Waals surface area contributed by atoms with Gasteiger partial charge < -0.3 is 10.6 Å². The van der Waals surface area contributed by atoms with E-state index in [-0.39, 0.29) is 23.0 Å². The molecule has 5 nitrogen and oxygen atoms in total. The van der Waals surface area contributed by atoms with Crippen molar-refractivity contribution in [3.05, 3.63) is 47.7 Å². The molecule has 1 amide bonds. The van der Waals surface area contributed by atoms with Gasteiger partial charge in [0.15, 0.2) is 0 Å².